The van der Waals surface area contributed by atoms with Gasteiger partial charge in [-0.15, -0.1) is 0 Å². The third-order valence-corrected chi connectivity index (χ3v) is 3.20. The van der Waals surface area contributed by atoms with Crippen molar-refractivity contribution >= 4 is 12.0 Å². The van der Waals surface area contributed by atoms with E-state index < -0.39 is 0 Å². The van der Waals surface area contributed by atoms with E-state index in [0.29, 0.717) is 19.7 Å². The van der Waals surface area contributed by atoms with E-state index in [-0.39, 0.29) is 24.0 Å². The van der Waals surface area contributed by atoms with Crippen LogP contribution in [0.5, 0.6) is 0 Å². The fourth-order valence-electron chi connectivity index (χ4n) is 2.30. The second-order valence-electron chi connectivity index (χ2n) is 4.69. The minimum atomic E-state index is -0.233. The molecule has 90 valence electrons. The van der Waals surface area contributed by atoms with Gasteiger partial charge in [-0.05, 0) is 6.42 Å². The molecule has 1 unspecified atom stereocenters. The van der Waals surface area contributed by atoms with Crippen LogP contribution in [0.4, 0.5) is 4.79 Å². The molecule has 0 aromatic rings. The topological polar surface area (TPSA) is 49.9 Å². The third-order valence-electron chi connectivity index (χ3n) is 3.20. The Bertz CT molecular complexity index is 304. The highest BCUT2D eigenvalue weighted by atomic mass is 16.6. The van der Waals surface area contributed by atoms with Gasteiger partial charge in [0.1, 0.15) is 6.61 Å². The van der Waals surface area contributed by atoms with E-state index in [0.717, 1.165) is 13.0 Å². The zero-order chi connectivity index (χ0) is 11.7. The Morgan fingerprint density at radius 3 is 2.75 bits per heavy atom. The average molecular weight is 226 g/mol. The Hall–Kier alpha value is -1.26. The van der Waals surface area contributed by atoms with E-state index in [1.807, 2.05) is 18.7 Å². The second kappa shape index (κ2) is 4.31. The summed E-state index contributed by atoms with van der Waals surface area (Å²) in [5.41, 5.74) is 0. The van der Waals surface area contributed by atoms with Gasteiger partial charge in [-0.1, -0.05) is 13.8 Å². The lowest BCUT2D eigenvalue weighted by Crippen LogP contribution is -2.40. The molecular formula is C11H18N2O3. The van der Waals surface area contributed by atoms with Crippen molar-refractivity contribution in [2.45, 2.75) is 26.3 Å². The van der Waals surface area contributed by atoms with E-state index in [9.17, 15) is 9.59 Å². The molecule has 2 saturated heterocycles. The van der Waals surface area contributed by atoms with E-state index >= 15 is 0 Å². The Morgan fingerprint density at radius 1 is 1.44 bits per heavy atom. The zero-order valence-corrected chi connectivity index (χ0v) is 9.81. The largest absolute Gasteiger partial charge is 0.448 e. The number of hydrogen-bond acceptors (Lipinski definition) is 3. The van der Waals surface area contributed by atoms with Gasteiger partial charge in [0.15, 0.2) is 0 Å². The lowest BCUT2D eigenvalue weighted by molar-refractivity contribution is -0.133. The Labute approximate surface area is 95.3 Å². The van der Waals surface area contributed by atoms with Crippen LogP contribution in [0.1, 0.15) is 20.3 Å². The molecule has 2 aliphatic heterocycles. The van der Waals surface area contributed by atoms with E-state index in [4.69, 9.17) is 4.74 Å². The predicted octanol–water partition coefficient (Wildman–Crippen LogP) is 0.696. The fourth-order valence-corrected chi connectivity index (χ4v) is 2.30. The number of nitrogens with zero attached hydrogens (tertiary/aromatic N) is 2. The summed E-state index contributed by atoms with van der Waals surface area (Å²) in [6.07, 6.45) is 0.636. The van der Waals surface area contributed by atoms with Crippen molar-refractivity contribution < 1.29 is 14.3 Å². The Kier molecular flexibility index (Phi) is 3.03. The van der Waals surface area contributed by atoms with Crippen LogP contribution in [0.15, 0.2) is 0 Å². The zero-order valence-electron chi connectivity index (χ0n) is 9.81. The van der Waals surface area contributed by atoms with Gasteiger partial charge in [0.25, 0.3) is 0 Å². The van der Waals surface area contributed by atoms with Crippen LogP contribution in [0.25, 0.3) is 0 Å². The van der Waals surface area contributed by atoms with Crippen molar-refractivity contribution in [1.82, 2.24) is 9.80 Å². The Morgan fingerprint density at radius 2 is 2.19 bits per heavy atom. The van der Waals surface area contributed by atoms with Crippen molar-refractivity contribution in [3.8, 4) is 0 Å². The molecule has 2 rings (SSSR count). The minimum Gasteiger partial charge on any atom is -0.448 e. The summed E-state index contributed by atoms with van der Waals surface area (Å²) in [5.74, 6) is 0.208. The number of rotatable bonds is 2. The smallest absolute Gasteiger partial charge is 0.410 e. The lowest BCUT2D eigenvalue weighted by atomic mass is 10.2. The number of hydrogen-bond donors (Lipinski definition) is 0. The summed E-state index contributed by atoms with van der Waals surface area (Å²) in [7, 11) is 0. The van der Waals surface area contributed by atoms with Crippen molar-refractivity contribution in [3.05, 3.63) is 0 Å². The maximum atomic E-state index is 11.8. The molecular weight excluding hydrogens is 208 g/mol. The molecule has 0 aromatic carbocycles. The van der Waals surface area contributed by atoms with Crippen LogP contribution in [0, 0.1) is 5.92 Å². The minimum absolute atomic E-state index is 0.0317. The van der Waals surface area contributed by atoms with Gasteiger partial charge in [-0.25, -0.2) is 4.79 Å². The van der Waals surface area contributed by atoms with E-state index in [2.05, 4.69) is 0 Å². The number of cyclic esters (lactones) is 1. The predicted molar refractivity (Wildman–Crippen MR) is 57.9 cm³/mol. The molecule has 0 spiro atoms. The van der Waals surface area contributed by atoms with Crippen LogP contribution in [0.2, 0.25) is 0 Å². The van der Waals surface area contributed by atoms with Crippen LogP contribution < -0.4 is 0 Å². The quantitative estimate of drug-likeness (QED) is 0.696. The molecule has 0 radical (unpaired) electrons. The van der Waals surface area contributed by atoms with Gasteiger partial charge in [0.05, 0.1) is 12.6 Å². The van der Waals surface area contributed by atoms with Gasteiger partial charge in [0, 0.05) is 19.0 Å². The first-order valence-corrected chi connectivity index (χ1v) is 5.82. The molecule has 5 nitrogen and oxygen atoms in total. The molecule has 0 bridgehead atoms. The summed E-state index contributed by atoms with van der Waals surface area (Å²) in [6, 6.07) is 0.151. The molecule has 2 fully saturated rings. The molecule has 2 amide bonds. The second-order valence-corrected chi connectivity index (χ2v) is 4.69. The maximum absolute atomic E-state index is 11.8. The average Bonchev–Trinajstić information content (AvgIpc) is 2.84. The molecule has 2 heterocycles. The number of amides is 2. The van der Waals surface area contributed by atoms with E-state index in [1.54, 1.807) is 4.90 Å². The third kappa shape index (κ3) is 1.99. The highest BCUT2D eigenvalue weighted by Gasteiger charge is 2.36. The van der Waals surface area contributed by atoms with Crippen molar-refractivity contribution in [2.75, 3.05) is 26.2 Å². The standard InChI is InChI=1S/C11H18N2O3/c1-8(2)10(14)12-4-3-9(7-12)13-5-6-16-11(13)15/h8-9H,3-7H2,1-2H3. The summed E-state index contributed by atoms with van der Waals surface area (Å²) < 4.78 is 4.90. The monoisotopic (exact) mass is 226 g/mol. The first-order valence-electron chi connectivity index (χ1n) is 5.82. The van der Waals surface area contributed by atoms with Crippen LogP contribution in [-0.2, 0) is 9.53 Å². The van der Waals surface area contributed by atoms with Crippen molar-refractivity contribution in [2.24, 2.45) is 5.92 Å². The van der Waals surface area contributed by atoms with Crippen LogP contribution in [-0.4, -0.2) is 54.1 Å². The first kappa shape index (κ1) is 11.2. The maximum Gasteiger partial charge on any atom is 0.410 e. The van der Waals surface area contributed by atoms with Gasteiger partial charge in [-0.2, -0.15) is 0 Å². The molecule has 0 N–H and O–H groups in total. The molecule has 16 heavy (non-hydrogen) atoms. The van der Waals surface area contributed by atoms with Crippen LogP contribution >= 0.6 is 0 Å². The highest BCUT2D eigenvalue weighted by molar-refractivity contribution is 5.78. The number of likely N-dealkylation sites (tertiary alicyclic amines) is 1. The summed E-state index contributed by atoms with van der Waals surface area (Å²) >= 11 is 0. The molecule has 0 aliphatic carbocycles. The SMILES string of the molecule is CC(C)C(=O)N1CCC(N2CCOC2=O)C1. The summed E-state index contributed by atoms with van der Waals surface area (Å²) in [6.45, 7) is 6.36. The number of ether oxygens (including phenoxy) is 1. The fraction of sp³-hybridized carbons (Fsp3) is 0.818. The van der Waals surface area contributed by atoms with Gasteiger partial charge in [-0.3, -0.25) is 9.69 Å². The molecule has 0 aromatic heterocycles. The Balaban J connectivity index is 1.93. The number of carbonyl (C=O) groups excluding carboxylic acids is 2. The molecule has 0 saturated carbocycles. The lowest BCUT2D eigenvalue weighted by Gasteiger charge is -2.22. The summed E-state index contributed by atoms with van der Waals surface area (Å²) in [4.78, 5) is 26.7. The highest BCUT2D eigenvalue weighted by Crippen LogP contribution is 2.20. The van der Waals surface area contributed by atoms with Crippen molar-refractivity contribution in [3.63, 3.8) is 0 Å². The van der Waals surface area contributed by atoms with Gasteiger partial charge >= 0.3 is 6.09 Å². The first-order chi connectivity index (χ1) is 7.59. The summed E-state index contributed by atoms with van der Waals surface area (Å²) in [5, 5.41) is 0. The van der Waals surface area contributed by atoms with E-state index in [1.165, 1.54) is 0 Å². The molecule has 2 aliphatic rings. The molecule has 5 heteroatoms. The van der Waals surface area contributed by atoms with Crippen molar-refractivity contribution in [1.29, 1.82) is 0 Å². The van der Waals surface area contributed by atoms with Gasteiger partial charge in [0.2, 0.25) is 5.91 Å². The normalized spacial score (nSPS) is 25.4. The molecule has 1 atom stereocenters. The number of carbonyl (C=O) groups is 2. The van der Waals surface area contributed by atoms with Gasteiger partial charge < -0.3 is 9.64 Å². The van der Waals surface area contributed by atoms with Crippen LogP contribution in [0.3, 0.4) is 0 Å².